The maximum absolute atomic E-state index is 12.3. The predicted molar refractivity (Wildman–Crippen MR) is 108 cm³/mol. The summed E-state index contributed by atoms with van der Waals surface area (Å²) in [4.78, 5) is 18.6. The molecule has 0 radical (unpaired) electrons. The number of nitrogens with zero attached hydrogens (tertiary/aromatic N) is 3. The molecule has 1 saturated heterocycles. The Balaban J connectivity index is 1.35. The highest BCUT2D eigenvalue weighted by Crippen LogP contribution is 2.27. The fourth-order valence-electron chi connectivity index (χ4n) is 3.66. The third kappa shape index (κ3) is 5.73. The molecule has 1 N–H and O–H groups in total. The lowest BCUT2D eigenvalue weighted by molar-refractivity contribution is -0.122. The molecule has 7 nitrogen and oxygen atoms in total. The van der Waals surface area contributed by atoms with Crippen LogP contribution in [0.2, 0.25) is 0 Å². The van der Waals surface area contributed by atoms with Crippen LogP contribution >= 0.6 is 0 Å². The molecule has 1 aromatic heterocycles. The minimum absolute atomic E-state index is 0.0912. The van der Waals surface area contributed by atoms with Crippen molar-refractivity contribution in [1.82, 2.24) is 19.8 Å². The molecule has 3 rings (SSSR count). The van der Waals surface area contributed by atoms with Crippen molar-refractivity contribution in [2.45, 2.75) is 25.8 Å². The van der Waals surface area contributed by atoms with Gasteiger partial charge in [-0.25, -0.2) is 4.98 Å². The van der Waals surface area contributed by atoms with Crippen molar-refractivity contribution >= 4 is 5.91 Å². The van der Waals surface area contributed by atoms with Gasteiger partial charge in [0.1, 0.15) is 0 Å². The normalized spacial score (nSPS) is 15.4. The fraction of sp³-hybridized carbons (Fsp3) is 0.524. The van der Waals surface area contributed by atoms with Crippen molar-refractivity contribution in [3.63, 3.8) is 0 Å². The SMILES string of the molecule is COc1ccc(CCNC(=O)CN2CCC(Cn3ccnc3)CC2)cc1OC. The maximum atomic E-state index is 12.3. The molecule has 0 spiro atoms. The van der Waals surface area contributed by atoms with Gasteiger partial charge in [0, 0.05) is 25.5 Å². The quantitative estimate of drug-likeness (QED) is 0.714. The van der Waals surface area contributed by atoms with Crippen LogP contribution in [0.25, 0.3) is 0 Å². The number of benzene rings is 1. The fourth-order valence-corrected chi connectivity index (χ4v) is 3.66. The molecule has 0 saturated carbocycles. The Morgan fingerprint density at radius 2 is 2.00 bits per heavy atom. The molecule has 28 heavy (non-hydrogen) atoms. The molecule has 1 aliphatic rings. The lowest BCUT2D eigenvalue weighted by Crippen LogP contribution is -2.42. The summed E-state index contributed by atoms with van der Waals surface area (Å²) in [5.41, 5.74) is 1.11. The van der Waals surface area contributed by atoms with Crippen molar-refractivity contribution in [3.8, 4) is 11.5 Å². The molecule has 152 valence electrons. The second-order valence-electron chi connectivity index (χ2n) is 7.27. The summed E-state index contributed by atoms with van der Waals surface area (Å²) in [6.07, 6.45) is 8.71. The zero-order chi connectivity index (χ0) is 19.8. The number of carbonyl (C=O) groups excluding carboxylic acids is 1. The van der Waals surface area contributed by atoms with Gasteiger partial charge in [0.05, 0.1) is 27.1 Å². The Bertz CT molecular complexity index is 740. The van der Waals surface area contributed by atoms with Crippen LogP contribution < -0.4 is 14.8 Å². The Morgan fingerprint density at radius 3 is 2.68 bits per heavy atom. The monoisotopic (exact) mass is 386 g/mol. The van der Waals surface area contributed by atoms with Crippen molar-refractivity contribution in [2.24, 2.45) is 5.92 Å². The van der Waals surface area contributed by atoms with E-state index in [0.717, 1.165) is 44.5 Å². The van der Waals surface area contributed by atoms with Crippen molar-refractivity contribution < 1.29 is 14.3 Å². The molecule has 0 bridgehead atoms. The molecule has 1 aliphatic heterocycles. The van der Waals surface area contributed by atoms with Crippen LogP contribution in [0.1, 0.15) is 18.4 Å². The smallest absolute Gasteiger partial charge is 0.234 e. The Kier molecular flexibility index (Phi) is 7.31. The summed E-state index contributed by atoms with van der Waals surface area (Å²) in [5.74, 6) is 2.18. The summed E-state index contributed by atoms with van der Waals surface area (Å²) in [6.45, 7) is 4.06. The number of amides is 1. The van der Waals surface area contributed by atoms with E-state index in [0.29, 0.717) is 30.5 Å². The zero-order valence-electron chi connectivity index (χ0n) is 16.8. The molecule has 0 atom stereocenters. The number of piperidine rings is 1. The number of methoxy groups -OCH3 is 2. The van der Waals surface area contributed by atoms with E-state index in [-0.39, 0.29) is 5.91 Å². The number of likely N-dealkylation sites (tertiary alicyclic amines) is 1. The van der Waals surface area contributed by atoms with E-state index >= 15 is 0 Å². The Labute approximate surface area is 166 Å². The minimum atomic E-state index is 0.0912. The minimum Gasteiger partial charge on any atom is -0.493 e. The summed E-state index contributed by atoms with van der Waals surface area (Å²) in [7, 11) is 3.25. The number of carbonyl (C=O) groups is 1. The zero-order valence-corrected chi connectivity index (χ0v) is 16.8. The third-order valence-electron chi connectivity index (χ3n) is 5.29. The van der Waals surface area contributed by atoms with E-state index in [1.165, 1.54) is 0 Å². The van der Waals surface area contributed by atoms with Gasteiger partial charge in [0.25, 0.3) is 0 Å². The van der Waals surface area contributed by atoms with Gasteiger partial charge in [-0.05, 0) is 56.0 Å². The maximum Gasteiger partial charge on any atom is 0.234 e. The standard InChI is InChI=1S/C21H30N4O3/c1-27-19-4-3-17(13-20(19)28-2)5-8-23-21(26)15-24-10-6-18(7-11-24)14-25-12-9-22-16-25/h3-4,9,12-13,16,18H,5-8,10-11,14-15H2,1-2H3,(H,23,26). The van der Waals surface area contributed by atoms with E-state index in [4.69, 9.17) is 9.47 Å². The van der Waals surface area contributed by atoms with Gasteiger partial charge >= 0.3 is 0 Å². The van der Waals surface area contributed by atoms with Gasteiger partial charge in [0.2, 0.25) is 5.91 Å². The summed E-state index contributed by atoms with van der Waals surface area (Å²) in [5, 5.41) is 3.03. The van der Waals surface area contributed by atoms with Gasteiger partial charge < -0.3 is 19.4 Å². The summed E-state index contributed by atoms with van der Waals surface area (Å²) in [6, 6.07) is 5.85. The molecule has 0 unspecified atom stereocenters. The van der Waals surface area contributed by atoms with E-state index in [1.807, 2.05) is 36.9 Å². The highest BCUT2D eigenvalue weighted by Gasteiger charge is 2.21. The largest absolute Gasteiger partial charge is 0.493 e. The molecule has 7 heteroatoms. The highest BCUT2D eigenvalue weighted by molar-refractivity contribution is 5.78. The average molecular weight is 386 g/mol. The predicted octanol–water partition coefficient (Wildman–Crippen LogP) is 1.97. The van der Waals surface area contributed by atoms with Crippen LogP contribution in [0, 0.1) is 5.92 Å². The number of ether oxygens (including phenoxy) is 2. The van der Waals surface area contributed by atoms with Crippen LogP contribution in [-0.2, 0) is 17.8 Å². The molecule has 0 aliphatic carbocycles. The van der Waals surface area contributed by atoms with Crippen LogP contribution in [0.15, 0.2) is 36.9 Å². The van der Waals surface area contributed by atoms with Crippen molar-refractivity contribution in [1.29, 1.82) is 0 Å². The second kappa shape index (κ2) is 10.1. The van der Waals surface area contributed by atoms with Gasteiger partial charge in [-0.2, -0.15) is 0 Å². The van der Waals surface area contributed by atoms with Gasteiger partial charge in [-0.1, -0.05) is 6.07 Å². The van der Waals surface area contributed by atoms with E-state index in [9.17, 15) is 4.79 Å². The van der Waals surface area contributed by atoms with Gasteiger partial charge in [-0.15, -0.1) is 0 Å². The van der Waals surface area contributed by atoms with Crippen LogP contribution in [0.5, 0.6) is 11.5 Å². The Morgan fingerprint density at radius 1 is 1.21 bits per heavy atom. The molecule has 1 aromatic carbocycles. The number of imidazole rings is 1. The number of aromatic nitrogens is 2. The van der Waals surface area contributed by atoms with E-state index in [1.54, 1.807) is 14.2 Å². The number of nitrogens with one attached hydrogen (secondary N) is 1. The average Bonchev–Trinajstić information content (AvgIpc) is 3.22. The molecule has 1 amide bonds. The number of rotatable bonds is 9. The first kappa shape index (κ1) is 20.2. The van der Waals surface area contributed by atoms with Crippen LogP contribution in [0.4, 0.5) is 0 Å². The van der Waals surface area contributed by atoms with Crippen molar-refractivity contribution in [3.05, 3.63) is 42.5 Å². The lowest BCUT2D eigenvalue weighted by atomic mass is 9.97. The molecular weight excluding hydrogens is 356 g/mol. The number of hydrogen-bond donors (Lipinski definition) is 1. The van der Waals surface area contributed by atoms with E-state index < -0.39 is 0 Å². The first-order valence-corrected chi connectivity index (χ1v) is 9.83. The third-order valence-corrected chi connectivity index (χ3v) is 5.29. The highest BCUT2D eigenvalue weighted by atomic mass is 16.5. The number of hydrogen-bond acceptors (Lipinski definition) is 5. The lowest BCUT2D eigenvalue weighted by Gasteiger charge is -2.31. The van der Waals surface area contributed by atoms with E-state index in [2.05, 4.69) is 19.8 Å². The Hall–Kier alpha value is -2.54. The molecule has 2 heterocycles. The molecule has 2 aromatic rings. The van der Waals surface area contributed by atoms with Crippen LogP contribution in [0.3, 0.4) is 0 Å². The van der Waals surface area contributed by atoms with Gasteiger partial charge in [0.15, 0.2) is 11.5 Å². The topological polar surface area (TPSA) is 68.6 Å². The van der Waals surface area contributed by atoms with Gasteiger partial charge in [-0.3, -0.25) is 9.69 Å². The summed E-state index contributed by atoms with van der Waals surface area (Å²) >= 11 is 0. The summed E-state index contributed by atoms with van der Waals surface area (Å²) < 4.78 is 12.7. The first-order chi connectivity index (χ1) is 13.7. The second-order valence-corrected chi connectivity index (χ2v) is 7.27. The van der Waals surface area contributed by atoms with Crippen molar-refractivity contribution in [2.75, 3.05) is 40.4 Å². The molecule has 1 fully saturated rings. The molecular formula is C21H30N4O3. The van der Waals surface area contributed by atoms with Crippen LogP contribution in [-0.4, -0.2) is 60.8 Å². The first-order valence-electron chi connectivity index (χ1n) is 9.83.